The Balaban J connectivity index is 2.10. The van der Waals surface area contributed by atoms with E-state index in [-0.39, 0.29) is 5.75 Å². The lowest BCUT2D eigenvalue weighted by Gasteiger charge is -2.08. The van der Waals surface area contributed by atoms with Gasteiger partial charge in [-0.1, -0.05) is 5.16 Å². The van der Waals surface area contributed by atoms with Crippen molar-refractivity contribution in [1.82, 2.24) is 5.32 Å². The first-order valence-electron chi connectivity index (χ1n) is 4.23. The molecule has 85 valence electrons. The van der Waals surface area contributed by atoms with Gasteiger partial charge in [-0.05, 0) is 24.3 Å². The van der Waals surface area contributed by atoms with E-state index in [0.29, 0.717) is 11.4 Å². The molecule has 1 aromatic rings. The van der Waals surface area contributed by atoms with Crippen molar-refractivity contribution < 1.29 is 22.7 Å². The summed E-state index contributed by atoms with van der Waals surface area (Å²) in [5, 5.41) is 6.28. The zero-order valence-corrected chi connectivity index (χ0v) is 7.78. The highest BCUT2D eigenvalue weighted by atomic mass is 19.4. The number of amidine groups is 1. The molecule has 1 N–H and O–H groups in total. The Kier molecular flexibility index (Phi) is 2.59. The zero-order chi connectivity index (χ0) is 11.6. The van der Waals surface area contributed by atoms with E-state index < -0.39 is 6.36 Å². The van der Waals surface area contributed by atoms with Gasteiger partial charge >= 0.3 is 6.36 Å². The van der Waals surface area contributed by atoms with Gasteiger partial charge in [-0.25, -0.2) is 0 Å². The topological polar surface area (TPSA) is 42.9 Å². The van der Waals surface area contributed by atoms with Crippen LogP contribution in [-0.4, -0.2) is 12.2 Å². The Labute approximate surface area is 88.6 Å². The number of rotatable bonds is 2. The molecule has 0 unspecified atom stereocenters. The van der Waals surface area contributed by atoms with Gasteiger partial charge in [0.1, 0.15) is 5.75 Å². The summed E-state index contributed by atoms with van der Waals surface area (Å²) in [6.07, 6.45) is -4.68. The molecular weight excluding hydrogens is 225 g/mol. The van der Waals surface area contributed by atoms with Crippen molar-refractivity contribution in [2.45, 2.75) is 6.36 Å². The van der Waals surface area contributed by atoms with Crippen LogP contribution in [-0.2, 0) is 4.84 Å². The van der Waals surface area contributed by atoms with Crippen molar-refractivity contribution in [3.63, 3.8) is 0 Å². The third kappa shape index (κ3) is 2.56. The molecule has 0 saturated carbocycles. The minimum absolute atomic E-state index is 0.278. The van der Waals surface area contributed by atoms with Gasteiger partial charge in [-0.2, -0.15) is 0 Å². The summed E-state index contributed by atoms with van der Waals surface area (Å²) in [4.78, 5) is 4.56. The number of nitrogens with one attached hydrogen (secondary N) is 1. The quantitative estimate of drug-likeness (QED) is 0.846. The Hall–Kier alpha value is -1.92. The van der Waals surface area contributed by atoms with E-state index in [1.807, 2.05) is 0 Å². The molecule has 0 amide bonds. The Bertz CT molecular complexity index is 400. The van der Waals surface area contributed by atoms with Crippen LogP contribution in [0, 0.1) is 6.73 Å². The summed E-state index contributed by atoms with van der Waals surface area (Å²) < 4.78 is 39.3. The molecule has 0 atom stereocenters. The molecule has 0 aromatic heterocycles. The van der Waals surface area contributed by atoms with E-state index in [9.17, 15) is 13.2 Å². The van der Waals surface area contributed by atoms with E-state index in [0.717, 1.165) is 0 Å². The van der Waals surface area contributed by atoms with E-state index >= 15 is 0 Å². The molecule has 1 aliphatic heterocycles. The molecule has 1 aliphatic rings. The van der Waals surface area contributed by atoms with Crippen LogP contribution in [0.1, 0.15) is 5.56 Å². The highest BCUT2D eigenvalue weighted by Gasteiger charge is 2.31. The van der Waals surface area contributed by atoms with Crippen LogP contribution >= 0.6 is 0 Å². The van der Waals surface area contributed by atoms with Crippen LogP contribution in [0.3, 0.4) is 0 Å². The van der Waals surface area contributed by atoms with Gasteiger partial charge in [0.2, 0.25) is 0 Å². The lowest BCUT2D eigenvalue weighted by molar-refractivity contribution is -0.274. The van der Waals surface area contributed by atoms with Gasteiger partial charge in [0.25, 0.3) is 6.73 Å². The molecular formula is C9H6F3N2O2. The fraction of sp³-hybridized carbons (Fsp3) is 0.111. The summed E-state index contributed by atoms with van der Waals surface area (Å²) >= 11 is 0. The number of benzene rings is 1. The molecule has 7 heteroatoms. The first kappa shape index (κ1) is 10.6. The maximum absolute atomic E-state index is 11.9. The van der Waals surface area contributed by atoms with Gasteiger partial charge in [0, 0.05) is 5.56 Å². The molecule has 1 aromatic carbocycles. The third-order valence-electron chi connectivity index (χ3n) is 1.75. The number of oxime groups is 1. The van der Waals surface area contributed by atoms with Crippen molar-refractivity contribution >= 4 is 5.84 Å². The van der Waals surface area contributed by atoms with Gasteiger partial charge in [-0.15, -0.1) is 13.2 Å². The normalized spacial score (nSPS) is 15.1. The van der Waals surface area contributed by atoms with Crippen molar-refractivity contribution in [3.05, 3.63) is 36.6 Å². The molecule has 0 bridgehead atoms. The maximum Gasteiger partial charge on any atom is 0.573 e. The summed E-state index contributed by atoms with van der Waals surface area (Å²) in [5.74, 6) is 0.151. The van der Waals surface area contributed by atoms with E-state index in [2.05, 4.69) is 20.0 Å². The fourth-order valence-corrected chi connectivity index (χ4v) is 1.14. The van der Waals surface area contributed by atoms with E-state index in [4.69, 9.17) is 0 Å². The van der Waals surface area contributed by atoms with E-state index in [1.165, 1.54) is 31.0 Å². The summed E-state index contributed by atoms with van der Waals surface area (Å²) in [6.45, 7) is 1.26. The highest BCUT2D eigenvalue weighted by molar-refractivity contribution is 5.99. The van der Waals surface area contributed by atoms with E-state index in [1.54, 1.807) is 0 Å². The number of halogens is 3. The predicted molar refractivity (Wildman–Crippen MR) is 48.2 cm³/mol. The number of nitrogens with zero attached hydrogens (tertiary/aromatic N) is 1. The minimum Gasteiger partial charge on any atom is -0.406 e. The van der Waals surface area contributed by atoms with Crippen LogP contribution in [0.5, 0.6) is 5.75 Å². The standard InChI is InChI=1S/C9H6F3N2O2/c10-9(11,12)16-7-3-1-6(2-4-7)8-13-5-15-14-8/h1-5H,(H,13,14). The van der Waals surface area contributed by atoms with Crippen molar-refractivity contribution in [3.8, 4) is 5.75 Å². The molecule has 4 nitrogen and oxygen atoms in total. The molecule has 0 spiro atoms. The summed E-state index contributed by atoms with van der Waals surface area (Å²) in [7, 11) is 0. The smallest absolute Gasteiger partial charge is 0.406 e. The predicted octanol–water partition coefficient (Wildman–Crippen LogP) is 1.99. The monoisotopic (exact) mass is 231 g/mol. The maximum atomic E-state index is 11.9. The van der Waals surface area contributed by atoms with Crippen molar-refractivity contribution in [1.29, 1.82) is 0 Å². The van der Waals surface area contributed by atoms with Crippen LogP contribution in [0.4, 0.5) is 13.2 Å². The number of alkyl halides is 3. The van der Waals surface area contributed by atoms with Gasteiger partial charge in [0.05, 0.1) is 0 Å². The van der Waals surface area contributed by atoms with Crippen LogP contribution in [0.25, 0.3) is 0 Å². The molecule has 0 aliphatic carbocycles. The Morgan fingerprint density at radius 2 is 1.88 bits per heavy atom. The number of hydrogen-bond acceptors (Lipinski definition) is 4. The third-order valence-corrected chi connectivity index (χ3v) is 1.75. The second kappa shape index (κ2) is 3.92. The lowest BCUT2D eigenvalue weighted by Crippen LogP contribution is -2.18. The number of hydrogen-bond donors (Lipinski definition) is 1. The molecule has 1 radical (unpaired) electrons. The fourth-order valence-electron chi connectivity index (χ4n) is 1.14. The van der Waals surface area contributed by atoms with Crippen LogP contribution < -0.4 is 10.1 Å². The lowest BCUT2D eigenvalue weighted by atomic mass is 10.2. The molecule has 2 rings (SSSR count). The molecule has 1 heterocycles. The van der Waals surface area contributed by atoms with Crippen molar-refractivity contribution in [2.75, 3.05) is 0 Å². The second-order valence-electron chi connectivity index (χ2n) is 2.88. The van der Waals surface area contributed by atoms with Crippen LogP contribution in [0.2, 0.25) is 0 Å². The average molecular weight is 231 g/mol. The molecule has 16 heavy (non-hydrogen) atoms. The second-order valence-corrected chi connectivity index (χ2v) is 2.88. The van der Waals surface area contributed by atoms with Gasteiger partial charge in [-0.3, -0.25) is 0 Å². The first-order chi connectivity index (χ1) is 7.54. The van der Waals surface area contributed by atoms with Crippen LogP contribution in [0.15, 0.2) is 29.4 Å². The zero-order valence-electron chi connectivity index (χ0n) is 7.78. The largest absolute Gasteiger partial charge is 0.573 e. The summed E-state index contributed by atoms with van der Waals surface area (Å²) in [5.41, 5.74) is 0.600. The Morgan fingerprint density at radius 1 is 1.19 bits per heavy atom. The Morgan fingerprint density at radius 3 is 2.38 bits per heavy atom. The highest BCUT2D eigenvalue weighted by Crippen LogP contribution is 2.22. The van der Waals surface area contributed by atoms with Gasteiger partial charge in [0.15, 0.2) is 5.84 Å². The van der Waals surface area contributed by atoms with Crippen molar-refractivity contribution in [2.24, 2.45) is 5.16 Å². The SMILES string of the molecule is FC(F)(F)Oc1ccc(C2=NO[CH]N2)cc1. The molecule has 0 saturated heterocycles. The minimum atomic E-state index is -4.68. The first-order valence-corrected chi connectivity index (χ1v) is 4.23. The number of ether oxygens (including phenoxy) is 1. The molecule has 0 fully saturated rings. The average Bonchev–Trinajstić information content (AvgIpc) is 2.69. The van der Waals surface area contributed by atoms with Gasteiger partial charge < -0.3 is 14.9 Å². The summed E-state index contributed by atoms with van der Waals surface area (Å²) in [6, 6.07) is 5.28.